The lowest BCUT2D eigenvalue weighted by molar-refractivity contribution is 0.101. The van der Waals surface area contributed by atoms with Gasteiger partial charge in [0, 0.05) is 24.7 Å². The minimum Gasteiger partial charge on any atom is -0.321 e. The van der Waals surface area contributed by atoms with Gasteiger partial charge in [-0.1, -0.05) is 30.0 Å². The summed E-state index contributed by atoms with van der Waals surface area (Å²) in [5.74, 6) is -0.171. The van der Waals surface area contributed by atoms with Gasteiger partial charge < -0.3 is 10.2 Å². The van der Waals surface area contributed by atoms with E-state index >= 15 is 0 Å². The zero-order valence-electron chi connectivity index (χ0n) is 15.1. The van der Waals surface area contributed by atoms with Crippen molar-refractivity contribution in [3.63, 3.8) is 0 Å². The molecule has 5 rings (SSSR count). The summed E-state index contributed by atoms with van der Waals surface area (Å²) in [6.07, 6.45) is 0. The lowest BCUT2D eigenvalue weighted by Crippen LogP contribution is -2.20. The van der Waals surface area contributed by atoms with Gasteiger partial charge in [-0.3, -0.25) is 14.5 Å². The number of thioether (sulfide) groups is 1. The molecule has 1 aromatic carbocycles. The lowest BCUT2D eigenvalue weighted by Gasteiger charge is -2.16. The number of fused-ring (bicyclic) bond motifs is 1. The fourth-order valence-corrected chi connectivity index (χ4v) is 4.94. The SMILES string of the molecule is Cn1nc(-c2cccs2)cc1C(=O)Nc1ccc(C2=CSC3=NCCN23)cc1. The maximum atomic E-state index is 12.7. The van der Waals surface area contributed by atoms with Gasteiger partial charge in [0.1, 0.15) is 11.4 Å². The van der Waals surface area contributed by atoms with Crippen molar-refractivity contribution in [1.82, 2.24) is 14.7 Å². The molecule has 2 aliphatic rings. The number of aromatic nitrogens is 2. The van der Waals surface area contributed by atoms with Crippen LogP contribution in [0.2, 0.25) is 0 Å². The second kappa shape index (κ2) is 6.96. The van der Waals surface area contributed by atoms with Crippen LogP contribution in [0.15, 0.2) is 58.2 Å². The van der Waals surface area contributed by atoms with Crippen molar-refractivity contribution < 1.29 is 4.79 Å². The average molecular weight is 408 g/mol. The Kier molecular flexibility index (Phi) is 4.29. The Morgan fingerprint density at radius 3 is 2.86 bits per heavy atom. The molecule has 0 unspecified atom stereocenters. The number of carbonyl (C=O) groups excluding carboxylic acids is 1. The molecule has 140 valence electrons. The van der Waals surface area contributed by atoms with Gasteiger partial charge in [-0.15, -0.1) is 11.3 Å². The zero-order valence-corrected chi connectivity index (χ0v) is 16.8. The number of hydrogen-bond acceptors (Lipinski definition) is 6. The number of thiophene rings is 1. The van der Waals surface area contributed by atoms with E-state index in [-0.39, 0.29) is 5.91 Å². The number of amidine groups is 1. The van der Waals surface area contributed by atoms with Gasteiger partial charge in [0.15, 0.2) is 5.17 Å². The number of nitrogens with one attached hydrogen (secondary N) is 1. The van der Waals surface area contributed by atoms with Gasteiger partial charge >= 0.3 is 0 Å². The summed E-state index contributed by atoms with van der Waals surface area (Å²) in [6, 6.07) is 13.7. The van der Waals surface area contributed by atoms with Crippen LogP contribution in [0.1, 0.15) is 16.1 Å². The highest BCUT2D eigenvalue weighted by Gasteiger charge is 2.27. The molecule has 28 heavy (non-hydrogen) atoms. The van der Waals surface area contributed by atoms with E-state index < -0.39 is 0 Å². The van der Waals surface area contributed by atoms with Crippen LogP contribution in [0.3, 0.4) is 0 Å². The molecule has 0 saturated heterocycles. The quantitative estimate of drug-likeness (QED) is 0.707. The van der Waals surface area contributed by atoms with Crippen LogP contribution in [-0.2, 0) is 7.05 Å². The first-order valence-electron chi connectivity index (χ1n) is 8.87. The van der Waals surface area contributed by atoms with E-state index in [2.05, 4.69) is 25.7 Å². The largest absolute Gasteiger partial charge is 0.321 e. The predicted octanol–water partition coefficient (Wildman–Crippen LogP) is 4.12. The summed E-state index contributed by atoms with van der Waals surface area (Å²) in [4.78, 5) is 20.5. The van der Waals surface area contributed by atoms with E-state index in [1.54, 1.807) is 34.8 Å². The third kappa shape index (κ3) is 3.04. The number of nitrogens with zero attached hydrogens (tertiary/aromatic N) is 4. The standard InChI is InChI=1S/C20H17N5OS2/c1-24-16(11-15(23-24)18-3-2-10-27-18)19(26)22-14-6-4-13(5-7-14)17-12-28-20-21-8-9-25(17)20/h2-7,10-12H,8-9H2,1H3,(H,22,26). The topological polar surface area (TPSA) is 62.5 Å². The van der Waals surface area contributed by atoms with Crippen molar-refractivity contribution in [3.05, 3.63) is 64.5 Å². The Labute approximate surface area is 170 Å². The van der Waals surface area contributed by atoms with Crippen LogP contribution in [0.5, 0.6) is 0 Å². The molecule has 1 N–H and O–H groups in total. The summed E-state index contributed by atoms with van der Waals surface area (Å²) in [5, 5.41) is 12.6. The summed E-state index contributed by atoms with van der Waals surface area (Å²) in [7, 11) is 1.79. The Balaban J connectivity index is 1.31. The highest BCUT2D eigenvalue weighted by atomic mass is 32.2. The van der Waals surface area contributed by atoms with Gasteiger partial charge in [-0.25, -0.2) is 0 Å². The minimum absolute atomic E-state index is 0.171. The van der Waals surface area contributed by atoms with Crippen molar-refractivity contribution in [3.8, 4) is 10.6 Å². The summed E-state index contributed by atoms with van der Waals surface area (Å²) < 4.78 is 1.62. The molecular formula is C20H17N5OS2. The Hall–Kier alpha value is -2.84. The van der Waals surface area contributed by atoms with Gasteiger partial charge in [-0.2, -0.15) is 5.10 Å². The average Bonchev–Trinajstić information content (AvgIpc) is 3.46. The monoisotopic (exact) mass is 407 g/mol. The van der Waals surface area contributed by atoms with E-state index in [0.717, 1.165) is 40.1 Å². The van der Waals surface area contributed by atoms with Crippen molar-refractivity contribution in [1.29, 1.82) is 0 Å². The molecule has 1 amide bonds. The molecule has 0 fully saturated rings. The lowest BCUT2D eigenvalue weighted by atomic mass is 10.1. The van der Waals surface area contributed by atoms with Gasteiger partial charge in [0.25, 0.3) is 5.91 Å². The van der Waals surface area contributed by atoms with Crippen LogP contribution in [0.25, 0.3) is 16.3 Å². The third-order valence-corrected chi connectivity index (χ3v) is 6.49. The predicted molar refractivity (Wildman–Crippen MR) is 115 cm³/mol. The molecule has 0 radical (unpaired) electrons. The number of aliphatic imine (C=N–C) groups is 1. The molecule has 6 nitrogen and oxygen atoms in total. The molecular weight excluding hydrogens is 390 g/mol. The van der Waals surface area contributed by atoms with Gasteiger partial charge in [0.05, 0.1) is 17.1 Å². The fraction of sp³-hybridized carbons (Fsp3) is 0.150. The Morgan fingerprint density at radius 1 is 1.21 bits per heavy atom. The van der Waals surface area contributed by atoms with Crippen LogP contribution >= 0.6 is 23.1 Å². The second-order valence-electron chi connectivity index (χ2n) is 6.48. The van der Waals surface area contributed by atoms with Crippen LogP contribution in [0, 0.1) is 0 Å². The molecule has 2 aliphatic heterocycles. The summed E-state index contributed by atoms with van der Waals surface area (Å²) >= 11 is 3.27. The molecule has 0 spiro atoms. The van der Waals surface area contributed by atoms with E-state index in [0.29, 0.717) is 5.69 Å². The highest BCUT2D eigenvalue weighted by molar-refractivity contribution is 8.16. The first-order chi connectivity index (χ1) is 13.7. The van der Waals surface area contributed by atoms with E-state index in [1.807, 2.05) is 47.8 Å². The number of anilines is 1. The van der Waals surface area contributed by atoms with Crippen LogP contribution in [-0.4, -0.2) is 38.8 Å². The van der Waals surface area contributed by atoms with E-state index in [1.165, 1.54) is 5.70 Å². The number of aryl methyl sites for hydroxylation is 1. The normalized spacial score (nSPS) is 15.4. The Bertz CT molecular complexity index is 1100. The highest BCUT2D eigenvalue weighted by Crippen LogP contribution is 2.35. The number of carbonyl (C=O) groups is 1. The van der Waals surface area contributed by atoms with Gasteiger partial charge in [-0.05, 0) is 35.2 Å². The number of rotatable bonds is 4. The van der Waals surface area contributed by atoms with Crippen molar-refractivity contribution in [2.24, 2.45) is 12.0 Å². The third-order valence-electron chi connectivity index (χ3n) is 4.69. The van der Waals surface area contributed by atoms with Crippen molar-refractivity contribution in [2.45, 2.75) is 0 Å². The zero-order chi connectivity index (χ0) is 19.1. The first kappa shape index (κ1) is 17.3. The van der Waals surface area contributed by atoms with E-state index in [4.69, 9.17) is 0 Å². The maximum Gasteiger partial charge on any atom is 0.273 e. The molecule has 0 bridgehead atoms. The van der Waals surface area contributed by atoms with Crippen LogP contribution < -0.4 is 5.32 Å². The molecule has 0 atom stereocenters. The van der Waals surface area contributed by atoms with Crippen molar-refractivity contribution in [2.75, 3.05) is 18.4 Å². The molecule has 0 aliphatic carbocycles. The number of benzene rings is 1. The smallest absolute Gasteiger partial charge is 0.273 e. The molecule has 4 heterocycles. The molecule has 8 heteroatoms. The van der Waals surface area contributed by atoms with Crippen LogP contribution in [0.4, 0.5) is 5.69 Å². The van der Waals surface area contributed by atoms with Gasteiger partial charge in [0.2, 0.25) is 0 Å². The molecule has 3 aromatic rings. The number of amides is 1. The fourth-order valence-electron chi connectivity index (χ4n) is 3.29. The van der Waals surface area contributed by atoms with E-state index in [9.17, 15) is 4.79 Å². The Morgan fingerprint density at radius 2 is 2.07 bits per heavy atom. The molecule has 0 saturated carbocycles. The maximum absolute atomic E-state index is 12.7. The second-order valence-corrected chi connectivity index (χ2v) is 8.27. The summed E-state index contributed by atoms with van der Waals surface area (Å²) in [6.45, 7) is 1.78. The number of hydrogen-bond donors (Lipinski definition) is 1. The molecule has 2 aromatic heterocycles. The van der Waals surface area contributed by atoms with Crippen molar-refractivity contribution >= 4 is 45.6 Å². The minimum atomic E-state index is -0.171. The summed E-state index contributed by atoms with van der Waals surface area (Å²) in [5.41, 5.74) is 4.39. The first-order valence-corrected chi connectivity index (χ1v) is 10.6.